The van der Waals surface area contributed by atoms with Crippen LogP contribution in [0.4, 0.5) is 5.69 Å². The van der Waals surface area contributed by atoms with Gasteiger partial charge in [0.05, 0.1) is 32.0 Å². The van der Waals surface area contributed by atoms with Crippen LogP contribution in [0.1, 0.15) is 54.8 Å². The third-order valence-corrected chi connectivity index (χ3v) is 3.99. The molecule has 0 spiro atoms. The van der Waals surface area contributed by atoms with Crippen molar-refractivity contribution in [3.63, 3.8) is 0 Å². The van der Waals surface area contributed by atoms with Crippen molar-refractivity contribution in [1.29, 1.82) is 0 Å². The Kier molecular flexibility index (Phi) is 9.00. The Hall–Kier alpha value is -3.22. The fourth-order valence-electron chi connectivity index (χ4n) is 2.69. The maximum Gasteiger partial charge on any atom is 0.338 e. The van der Waals surface area contributed by atoms with E-state index in [0.717, 1.165) is 6.42 Å². The molecule has 0 fully saturated rings. The number of esters is 1. The van der Waals surface area contributed by atoms with Crippen LogP contribution in [-0.4, -0.2) is 38.3 Å². The van der Waals surface area contributed by atoms with E-state index >= 15 is 0 Å². The van der Waals surface area contributed by atoms with Gasteiger partial charge in [0.15, 0.2) is 11.5 Å². The second kappa shape index (κ2) is 11.7. The lowest BCUT2D eigenvalue weighted by molar-refractivity contribution is 0.0505. The number of carbonyl (C=O) groups is 2. The van der Waals surface area contributed by atoms with E-state index in [-0.39, 0.29) is 11.9 Å². The Labute approximate surface area is 177 Å². The fourth-order valence-corrected chi connectivity index (χ4v) is 2.69. The molecule has 30 heavy (non-hydrogen) atoms. The lowest BCUT2D eigenvalue weighted by Crippen LogP contribution is -2.13. The van der Waals surface area contributed by atoms with Crippen molar-refractivity contribution in [2.45, 2.75) is 34.1 Å². The van der Waals surface area contributed by atoms with Crippen LogP contribution >= 0.6 is 0 Å². The predicted molar refractivity (Wildman–Crippen MR) is 115 cm³/mol. The summed E-state index contributed by atoms with van der Waals surface area (Å²) >= 11 is 0. The summed E-state index contributed by atoms with van der Waals surface area (Å²) in [6.07, 6.45) is 0.759. The second-order valence-corrected chi connectivity index (χ2v) is 6.27. The third-order valence-electron chi connectivity index (χ3n) is 3.99. The van der Waals surface area contributed by atoms with E-state index in [1.807, 2.05) is 27.7 Å². The SMILES string of the molecule is CCCOC(=O)c1ccc(NC(=O)c2cc(OCC)c(OCC)c(OCC)c2)cc1. The standard InChI is InChI=1S/C23H29NO6/c1-5-13-30-23(26)16-9-11-18(12-10-16)24-22(25)17-14-19(27-6-2)21(29-8-4)20(15-17)28-7-3/h9-12,14-15H,5-8,13H2,1-4H3,(H,24,25). The van der Waals surface area contributed by atoms with Crippen molar-refractivity contribution < 1.29 is 28.5 Å². The normalized spacial score (nSPS) is 10.3. The summed E-state index contributed by atoms with van der Waals surface area (Å²) in [5.74, 6) is 0.659. The van der Waals surface area contributed by atoms with Crippen LogP contribution in [0.5, 0.6) is 17.2 Å². The average molecular weight is 415 g/mol. The topological polar surface area (TPSA) is 83.1 Å². The Bertz CT molecular complexity index is 820. The van der Waals surface area contributed by atoms with Crippen LogP contribution in [-0.2, 0) is 4.74 Å². The minimum absolute atomic E-state index is 0.332. The maximum atomic E-state index is 12.8. The number of hydrogen-bond acceptors (Lipinski definition) is 6. The highest BCUT2D eigenvalue weighted by Crippen LogP contribution is 2.39. The molecular weight excluding hydrogens is 386 g/mol. The monoisotopic (exact) mass is 415 g/mol. The lowest BCUT2D eigenvalue weighted by atomic mass is 10.1. The molecule has 1 amide bonds. The molecule has 2 aromatic rings. The zero-order valence-electron chi connectivity index (χ0n) is 17.9. The van der Waals surface area contributed by atoms with E-state index in [0.29, 0.717) is 60.5 Å². The first-order valence-electron chi connectivity index (χ1n) is 10.2. The first-order chi connectivity index (χ1) is 14.5. The Morgan fingerprint density at radius 3 is 1.87 bits per heavy atom. The molecule has 0 aliphatic heterocycles. The number of ether oxygens (including phenoxy) is 4. The summed E-state index contributed by atoms with van der Waals surface area (Å²) in [6.45, 7) is 9.18. The smallest absolute Gasteiger partial charge is 0.338 e. The van der Waals surface area contributed by atoms with Gasteiger partial charge >= 0.3 is 5.97 Å². The first-order valence-corrected chi connectivity index (χ1v) is 10.2. The van der Waals surface area contributed by atoms with Crippen LogP contribution in [0.15, 0.2) is 36.4 Å². The van der Waals surface area contributed by atoms with Gasteiger partial charge in [-0.3, -0.25) is 4.79 Å². The third kappa shape index (κ3) is 6.14. The van der Waals surface area contributed by atoms with Crippen molar-refractivity contribution in [1.82, 2.24) is 0 Å². The molecule has 0 heterocycles. The molecule has 0 aliphatic rings. The van der Waals surface area contributed by atoms with Crippen molar-refractivity contribution in [3.8, 4) is 17.2 Å². The van der Waals surface area contributed by atoms with Gasteiger partial charge in [-0.1, -0.05) is 6.92 Å². The van der Waals surface area contributed by atoms with Gasteiger partial charge in [-0.25, -0.2) is 4.79 Å². The van der Waals surface area contributed by atoms with Gasteiger partial charge in [-0.2, -0.15) is 0 Å². The van der Waals surface area contributed by atoms with Crippen LogP contribution < -0.4 is 19.5 Å². The number of nitrogens with one attached hydrogen (secondary N) is 1. The van der Waals surface area contributed by atoms with Crippen molar-refractivity contribution in [3.05, 3.63) is 47.5 Å². The van der Waals surface area contributed by atoms with E-state index in [9.17, 15) is 9.59 Å². The molecule has 0 saturated carbocycles. The number of rotatable bonds is 11. The highest BCUT2D eigenvalue weighted by Gasteiger charge is 2.18. The predicted octanol–water partition coefficient (Wildman–Crippen LogP) is 4.70. The van der Waals surface area contributed by atoms with Gasteiger partial charge in [0, 0.05) is 11.3 Å². The quantitative estimate of drug-likeness (QED) is 0.536. The molecule has 0 saturated heterocycles. The van der Waals surface area contributed by atoms with Crippen LogP contribution in [0.2, 0.25) is 0 Å². The zero-order valence-corrected chi connectivity index (χ0v) is 17.9. The molecule has 2 aromatic carbocycles. The number of hydrogen-bond donors (Lipinski definition) is 1. The number of amides is 1. The van der Waals surface area contributed by atoms with E-state index in [4.69, 9.17) is 18.9 Å². The molecule has 0 radical (unpaired) electrons. The molecule has 0 unspecified atom stereocenters. The number of anilines is 1. The Morgan fingerprint density at radius 1 is 0.800 bits per heavy atom. The van der Waals surface area contributed by atoms with Crippen molar-refractivity contribution >= 4 is 17.6 Å². The largest absolute Gasteiger partial charge is 0.490 e. The summed E-state index contributed by atoms with van der Waals surface area (Å²) in [6, 6.07) is 9.79. The first kappa shape index (κ1) is 23.1. The highest BCUT2D eigenvalue weighted by atomic mass is 16.5. The van der Waals surface area contributed by atoms with Gasteiger partial charge in [0.1, 0.15) is 0 Å². The van der Waals surface area contributed by atoms with E-state index in [1.54, 1.807) is 36.4 Å². The summed E-state index contributed by atoms with van der Waals surface area (Å²) in [4.78, 5) is 24.7. The zero-order chi connectivity index (χ0) is 21.9. The molecule has 0 bridgehead atoms. The summed E-state index contributed by atoms with van der Waals surface area (Å²) < 4.78 is 22.1. The van der Waals surface area contributed by atoms with E-state index in [1.165, 1.54) is 0 Å². The van der Waals surface area contributed by atoms with Crippen molar-refractivity contribution in [2.75, 3.05) is 31.7 Å². The number of benzene rings is 2. The van der Waals surface area contributed by atoms with Gasteiger partial charge in [0.2, 0.25) is 5.75 Å². The van der Waals surface area contributed by atoms with Gasteiger partial charge in [-0.05, 0) is 63.6 Å². The molecular formula is C23H29NO6. The molecule has 1 N–H and O–H groups in total. The lowest BCUT2D eigenvalue weighted by Gasteiger charge is -2.17. The molecule has 7 nitrogen and oxygen atoms in total. The number of carbonyl (C=O) groups excluding carboxylic acids is 2. The van der Waals surface area contributed by atoms with Crippen LogP contribution in [0.25, 0.3) is 0 Å². The van der Waals surface area contributed by atoms with Crippen molar-refractivity contribution in [2.24, 2.45) is 0 Å². The molecule has 0 aliphatic carbocycles. The summed E-state index contributed by atoms with van der Waals surface area (Å²) in [7, 11) is 0. The van der Waals surface area contributed by atoms with Gasteiger partial charge in [0.25, 0.3) is 5.91 Å². The van der Waals surface area contributed by atoms with E-state index < -0.39 is 0 Å². The maximum absolute atomic E-state index is 12.8. The molecule has 162 valence electrons. The molecule has 2 rings (SSSR count). The average Bonchev–Trinajstić information content (AvgIpc) is 2.74. The molecule has 7 heteroatoms. The second-order valence-electron chi connectivity index (χ2n) is 6.27. The Balaban J connectivity index is 2.22. The van der Waals surface area contributed by atoms with Gasteiger partial charge < -0.3 is 24.3 Å². The highest BCUT2D eigenvalue weighted by molar-refractivity contribution is 6.05. The summed E-state index contributed by atoms with van der Waals surface area (Å²) in [5.41, 5.74) is 1.36. The minimum atomic E-state index is -0.385. The van der Waals surface area contributed by atoms with E-state index in [2.05, 4.69) is 5.32 Å². The summed E-state index contributed by atoms with van der Waals surface area (Å²) in [5, 5.41) is 2.81. The van der Waals surface area contributed by atoms with Crippen LogP contribution in [0, 0.1) is 0 Å². The van der Waals surface area contributed by atoms with Gasteiger partial charge in [-0.15, -0.1) is 0 Å². The molecule has 0 atom stereocenters. The fraction of sp³-hybridized carbons (Fsp3) is 0.391. The van der Waals surface area contributed by atoms with Crippen LogP contribution in [0.3, 0.4) is 0 Å². The molecule has 0 aromatic heterocycles. The Morgan fingerprint density at radius 2 is 1.37 bits per heavy atom. The minimum Gasteiger partial charge on any atom is -0.490 e.